The van der Waals surface area contributed by atoms with Crippen molar-refractivity contribution in [3.8, 4) is 5.75 Å². The van der Waals surface area contributed by atoms with E-state index in [0.717, 1.165) is 54.8 Å². The maximum atomic E-state index is 14.1. The van der Waals surface area contributed by atoms with Gasteiger partial charge < -0.3 is 19.5 Å². The first kappa shape index (κ1) is 40.1. The molecule has 2 aliphatic heterocycles. The van der Waals surface area contributed by atoms with Crippen LogP contribution in [-0.2, 0) is 21.9 Å². The molecule has 2 saturated carbocycles. The Bertz CT molecular complexity index is 2270. The number of hydrogen-bond acceptors (Lipinski definition) is 9. The molecule has 0 bridgehead atoms. The van der Waals surface area contributed by atoms with Crippen LogP contribution in [0.3, 0.4) is 0 Å². The van der Waals surface area contributed by atoms with Crippen molar-refractivity contribution in [3.05, 3.63) is 92.5 Å². The van der Waals surface area contributed by atoms with Gasteiger partial charge in [-0.2, -0.15) is 0 Å². The van der Waals surface area contributed by atoms with Gasteiger partial charge in [0.25, 0.3) is 17.4 Å². The molecule has 0 atom stereocenters. The Morgan fingerprint density at radius 1 is 0.772 bits per heavy atom. The van der Waals surface area contributed by atoms with E-state index in [1.165, 1.54) is 44.2 Å². The summed E-state index contributed by atoms with van der Waals surface area (Å²) in [5, 5.41) is 0.320. The molecule has 13 heteroatoms. The average Bonchev–Trinajstić information content (AvgIpc) is 4.05. The molecule has 57 heavy (non-hydrogen) atoms. The van der Waals surface area contributed by atoms with Crippen LogP contribution in [0, 0.1) is 0 Å². The summed E-state index contributed by atoms with van der Waals surface area (Å²) < 4.78 is 6.05. The molecule has 0 unspecified atom stereocenters. The van der Waals surface area contributed by atoms with Gasteiger partial charge in [0.15, 0.2) is 11.6 Å². The first-order valence-corrected chi connectivity index (χ1v) is 20.0. The van der Waals surface area contributed by atoms with E-state index in [9.17, 15) is 28.8 Å². The maximum Gasteiger partial charge on any atom is 0.266 e. The molecule has 3 heterocycles. The number of imide groups is 1. The summed E-state index contributed by atoms with van der Waals surface area (Å²) in [5.41, 5.74) is 2.07. The first-order chi connectivity index (χ1) is 27.1. The van der Waals surface area contributed by atoms with E-state index in [4.69, 9.17) is 4.74 Å². The van der Waals surface area contributed by atoms with Crippen LogP contribution in [0.2, 0.25) is 0 Å². The van der Waals surface area contributed by atoms with Crippen molar-refractivity contribution < 1.29 is 45.8 Å². The molecule has 1 aromatic heterocycles. The van der Waals surface area contributed by atoms with Crippen LogP contribution < -0.4 is 20.1 Å². The molecule has 0 radical (unpaired) electrons. The molecule has 3 fully saturated rings. The second-order valence-electron chi connectivity index (χ2n) is 15.8. The average molecular weight is 814 g/mol. The molecular weight excluding hydrogens is 766 g/mol. The number of Topliss-reactive ketones (excluding diaryl/α,β-unsaturated/α-hetero) is 2. The second-order valence-corrected chi connectivity index (χ2v) is 15.8. The summed E-state index contributed by atoms with van der Waals surface area (Å²) in [4.78, 5) is 92.8. The molecule has 0 spiro atoms. The Balaban J connectivity index is 0.000000769. The number of H-pyrrole nitrogens is 1. The van der Waals surface area contributed by atoms with Crippen LogP contribution in [0.4, 0.5) is 11.4 Å². The maximum absolute atomic E-state index is 14.1. The van der Waals surface area contributed by atoms with Crippen LogP contribution in [0.5, 0.6) is 5.75 Å². The smallest absolute Gasteiger partial charge is 0.266 e. The van der Waals surface area contributed by atoms with Crippen molar-refractivity contribution in [2.75, 3.05) is 43.6 Å². The van der Waals surface area contributed by atoms with Gasteiger partial charge in [0.1, 0.15) is 17.5 Å². The number of ketones is 2. The van der Waals surface area contributed by atoms with Gasteiger partial charge in [0.05, 0.1) is 34.3 Å². The fourth-order valence-electron chi connectivity index (χ4n) is 8.81. The molecular formula is C44H47FeN5O7. The Labute approximate surface area is 341 Å². The fourth-order valence-corrected chi connectivity index (χ4v) is 8.81. The molecule has 5 aliphatic rings. The van der Waals surface area contributed by atoms with Crippen LogP contribution in [-0.4, -0.2) is 77.9 Å². The van der Waals surface area contributed by atoms with Gasteiger partial charge in [-0.3, -0.25) is 28.8 Å². The minimum absolute atomic E-state index is 0. The topological polar surface area (TPSA) is 150 Å². The number of carbonyl (C=O) groups excluding carboxylic acids is 5. The van der Waals surface area contributed by atoms with E-state index in [1.807, 2.05) is 36.0 Å². The Hall–Kier alpha value is -5.13. The minimum Gasteiger partial charge on any atom is -0.493 e. The molecule has 9 rings (SSSR count). The molecule has 3 amide bonds. The second kappa shape index (κ2) is 16.8. The molecule has 1 saturated heterocycles. The summed E-state index contributed by atoms with van der Waals surface area (Å²) in [6.45, 7) is 1.73. The van der Waals surface area contributed by atoms with E-state index in [1.54, 1.807) is 24.3 Å². The molecule has 1 N–H and O–H groups in total. The number of anilines is 2. The van der Waals surface area contributed by atoms with Gasteiger partial charge >= 0.3 is 0 Å². The van der Waals surface area contributed by atoms with E-state index >= 15 is 0 Å². The SMILES string of the molecule is C1CCCC1.CN(C)c1ccc2nc(C3C(=O)c4cc5c(cc4C3=O)C(=O)N(c3cc(OCCCN4CCCC4=O)ccc3C3CCCC3)C5=O)[nH]c(=O)c2c1.[Fe]. The fraction of sp³-hybridized carbons (Fsp3) is 0.432. The first-order valence-electron chi connectivity index (χ1n) is 20.0. The zero-order valence-electron chi connectivity index (χ0n) is 32.4. The number of aromatic nitrogens is 2. The van der Waals surface area contributed by atoms with Crippen molar-refractivity contribution >= 4 is 51.6 Å². The van der Waals surface area contributed by atoms with Crippen molar-refractivity contribution in [2.24, 2.45) is 0 Å². The van der Waals surface area contributed by atoms with Gasteiger partial charge in [0, 0.05) is 73.6 Å². The Kier molecular flexibility index (Phi) is 11.8. The quantitative estimate of drug-likeness (QED) is 0.0820. The summed E-state index contributed by atoms with van der Waals surface area (Å²) >= 11 is 0. The van der Waals surface area contributed by atoms with Crippen LogP contribution in [0.15, 0.2) is 53.3 Å². The Morgan fingerprint density at radius 3 is 2.02 bits per heavy atom. The minimum atomic E-state index is -1.40. The molecule has 3 aromatic carbocycles. The number of likely N-dealkylation sites (tertiary alicyclic amines) is 1. The number of aromatic amines is 1. The summed E-state index contributed by atoms with van der Waals surface area (Å²) in [6, 6.07) is 13.3. The third kappa shape index (κ3) is 7.67. The summed E-state index contributed by atoms with van der Waals surface area (Å²) in [6.07, 6.45) is 13.6. The number of amides is 3. The van der Waals surface area contributed by atoms with Crippen molar-refractivity contribution in [3.63, 3.8) is 0 Å². The molecule has 298 valence electrons. The zero-order chi connectivity index (χ0) is 39.1. The summed E-state index contributed by atoms with van der Waals surface area (Å²) in [5.74, 6) is -3.02. The van der Waals surface area contributed by atoms with Crippen molar-refractivity contribution in [2.45, 2.75) is 88.9 Å². The third-order valence-corrected chi connectivity index (χ3v) is 11.9. The largest absolute Gasteiger partial charge is 0.493 e. The number of fused-ring (bicyclic) bond motifs is 3. The number of ether oxygens (including phenoxy) is 1. The standard InChI is InChI=1S/C39H37N5O7.C5H10.Fe/c1-42(2)22-10-13-30-29(17-22)37(48)41-36(40-30)33-34(46)25-19-27-28(20-26(25)35(33)47)39(50)44(38(27)49)31-18-23(11-12-24(31)21-7-3-4-8-21)51-16-6-15-43-14-5-9-32(43)45;1-2-4-5-3-1;/h10-13,17-21,33H,3-9,14-16H2,1-2H3,(H,40,41,48);1-5H2;. The normalized spacial score (nSPS) is 18.0. The van der Waals surface area contributed by atoms with E-state index in [2.05, 4.69) is 9.97 Å². The number of rotatable bonds is 9. The monoisotopic (exact) mass is 813 g/mol. The van der Waals surface area contributed by atoms with Crippen LogP contribution >= 0.6 is 0 Å². The van der Waals surface area contributed by atoms with Crippen molar-refractivity contribution in [1.29, 1.82) is 0 Å². The van der Waals surface area contributed by atoms with Crippen LogP contribution in [0.25, 0.3) is 10.9 Å². The van der Waals surface area contributed by atoms with Crippen LogP contribution in [0.1, 0.15) is 142 Å². The van der Waals surface area contributed by atoms with Gasteiger partial charge in [-0.25, -0.2) is 9.88 Å². The number of carbonyl (C=O) groups is 5. The number of hydrogen-bond donors (Lipinski definition) is 1. The molecule has 4 aromatic rings. The van der Waals surface area contributed by atoms with E-state index in [0.29, 0.717) is 48.3 Å². The van der Waals surface area contributed by atoms with Gasteiger partial charge in [0.2, 0.25) is 5.91 Å². The summed E-state index contributed by atoms with van der Waals surface area (Å²) in [7, 11) is 3.69. The number of nitrogens with zero attached hydrogens (tertiary/aromatic N) is 4. The predicted octanol–water partition coefficient (Wildman–Crippen LogP) is 6.95. The zero-order valence-corrected chi connectivity index (χ0v) is 33.5. The predicted molar refractivity (Wildman–Crippen MR) is 212 cm³/mol. The molecule has 12 nitrogen and oxygen atoms in total. The van der Waals surface area contributed by atoms with E-state index < -0.39 is 34.9 Å². The third-order valence-electron chi connectivity index (χ3n) is 11.9. The van der Waals surface area contributed by atoms with Gasteiger partial charge in [-0.1, -0.05) is 51.0 Å². The Morgan fingerprint density at radius 2 is 1.42 bits per heavy atom. The number of nitrogens with one attached hydrogen (secondary N) is 1. The number of benzene rings is 3. The molecule has 3 aliphatic carbocycles. The van der Waals surface area contributed by atoms with Gasteiger partial charge in [-0.15, -0.1) is 0 Å². The van der Waals surface area contributed by atoms with E-state index in [-0.39, 0.29) is 57.0 Å². The van der Waals surface area contributed by atoms with Crippen molar-refractivity contribution in [1.82, 2.24) is 14.9 Å². The van der Waals surface area contributed by atoms with Gasteiger partial charge in [-0.05, 0) is 73.6 Å².